The first kappa shape index (κ1) is 13.0. The Hall–Kier alpha value is -1.48. The van der Waals surface area contributed by atoms with Gasteiger partial charge in [0.15, 0.2) is 0 Å². The van der Waals surface area contributed by atoms with E-state index in [-0.39, 0.29) is 5.41 Å². The summed E-state index contributed by atoms with van der Waals surface area (Å²) in [5.41, 5.74) is 9.03. The molecule has 0 spiro atoms. The van der Waals surface area contributed by atoms with Gasteiger partial charge in [0.1, 0.15) is 5.82 Å². The minimum atomic E-state index is -0.0142. The lowest BCUT2D eigenvalue weighted by Crippen LogP contribution is -2.12. The van der Waals surface area contributed by atoms with Crippen LogP contribution in [-0.4, -0.2) is 9.78 Å². The zero-order valence-corrected chi connectivity index (χ0v) is 11.9. The van der Waals surface area contributed by atoms with Crippen LogP contribution in [-0.2, 0) is 5.41 Å². The third-order valence-electron chi connectivity index (χ3n) is 2.89. The van der Waals surface area contributed by atoms with Crippen LogP contribution < -0.4 is 5.73 Å². The molecule has 2 aromatic rings. The fourth-order valence-electron chi connectivity index (χ4n) is 1.81. The van der Waals surface area contributed by atoms with Crippen molar-refractivity contribution in [1.29, 1.82) is 0 Å². The molecule has 1 aromatic heterocycles. The molecular weight excluding hydrogens is 246 g/mol. The molecule has 1 heterocycles. The van der Waals surface area contributed by atoms with Crippen LogP contribution in [0.3, 0.4) is 0 Å². The number of nitrogens with zero attached hydrogens (tertiary/aromatic N) is 2. The van der Waals surface area contributed by atoms with E-state index >= 15 is 0 Å². The summed E-state index contributed by atoms with van der Waals surface area (Å²) in [6, 6.07) is 7.62. The van der Waals surface area contributed by atoms with Gasteiger partial charge in [0.05, 0.1) is 11.4 Å². The highest BCUT2D eigenvalue weighted by atomic mass is 35.5. The summed E-state index contributed by atoms with van der Waals surface area (Å²) in [6.45, 7) is 8.36. The van der Waals surface area contributed by atoms with E-state index in [0.717, 1.165) is 22.0 Å². The van der Waals surface area contributed by atoms with Crippen molar-refractivity contribution in [3.63, 3.8) is 0 Å². The van der Waals surface area contributed by atoms with E-state index < -0.39 is 0 Å². The predicted molar refractivity (Wildman–Crippen MR) is 76.4 cm³/mol. The quantitative estimate of drug-likeness (QED) is 0.852. The van der Waals surface area contributed by atoms with Crippen LogP contribution in [0, 0.1) is 6.92 Å². The highest BCUT2D eigenvalue weighted by Gasteiger charge is 2.19. The summed E-state index contributed by atoms with van der Waals surface area (Å²) in [4.78, 5) is 0. The van der Waals surface area contributed by atoms with E-state index in [2.05, 4.69) is 25.9 Å². The molecule has 96 valence electrons. The molecular formula is C14H18ClN3. The smallest absolute Gasteiger partial charge is 0.127 e. The van der Waals surface area contributed by atoms with E-state index in [1.54, 1.807) is 4.68 Å². The molecule has 0 saturated heterocycles. The summed E-state index contributed by atoms with van der Waals surface area (Å²) in [5, 5.41) is 5.31. The first-order chi connectivity index (χ1) is 8.29. The van der Waals surface area contributed by atoms with E-state index in [0.29, 0.717) is 5.82 Å². The van der Waals surface area contributed by atoms with Gasteiger partial charge in [0.2, 0.25) is 0 Å². The van der Waals surface area contributed by atoms with Crippen LogP contribution in [0.4, 0.5) is 5.82 Å². The lowest BCUT2D eigenvalue weighted by molar-refractivity contribution is 0.560. The normalized spacial score (nSPS) is 11.8. The van der Waals surface area contributed by atoms with Gasteiger partial charge >= 0.3 is 0 Å². The molecule has 2 N–H and O–H groups in total. The summed E-state index contributed by atoms with van der Waals surface area (Å²) in [7, 11) is 0. The Labute approximate surface area is 113 Å². The average molecular weight is 264 g/mol. The summed E-state index contributed by atoms with van der Waals surface area (Å²) < 4.78 is 1.77. The van der Waals surface area contributed by atoms with Crippen molar-refractivity contribution in [2.45, 2.75) is 33.1 Å². The molecule has 0 saturated carbocycles. The number of rotatable bonds is 1. The van der Waals surface area contributed by atoms with Gasteiger partial charge in [-0.25, -0.2) is 4.68 Å². The van der Waals surface area contributed by atoms with Gasteiger partial charge < -0.3 is 5.73 Å². The van der Waals surface area contributed by atoms with E-state index in [1.807, 2.05) is 31.2 Å². The second-order valence-electron chi connectivity index (χ2n) is 5.55. The predicted octanol–water partition coefficient (Wildman–Crippen LogP) is 3.71. The van der Waals surface area contributed by atoms with Crippen LogP contribution in [0.2, 0.25) is 5.02 Å². The Morgan fingerprint density at radius 3 is 2.39 bits per heavy atom. The van der Waals surface area contributed by atoms with Crippen LogP contribution in [0.25, 0.3) is 5.69 Å². The second-order valence-corrected chi connectivity index (χ2v) is 5.98. The van der Waals surface area contributed by atoms with Gasteiger partial charge in [-0.05, 0) is 30.7 Å². The van der Waals surface area contributed by atoms with Gasteiger partial charge in [0.25, 0.3) is 0 Å². The van der Waals surface area contributed by atoms with Crippen molar-refractivity contribution in [1.82, 2.24) is 9.78 Å². The molecule has 0 aliphatic rings. The molecule has 0 amide bonds. The zero-order chi connectivity index (χ0) is 13.5. The number of hydrogen-bond acceptors (Lipinski definition) is 2. The number of benzene rings is 1. The summed E-state index contributed by atoms with van der Waals surface area (Å²) >= 11 is 5.96. The van der Waals surface area contributed by atoms with Crippen molar-refractivity contribution in [2.24, 2.45) is 0 Å². The average Bonchev–Trinajstić information content (AvgIpc) is 2.60. The molecule has 0 aliphatic heterocycles. The third kappa shape index (κ3) is 2.36. The maximum absolute atomic E-state index is 6.04. The van der Waals surface area contributed by atoms with Crippen molar-refractivity contribution < 1.29 is 0 Å². The van der Waals surface area contributed by atoms with Crippen LogP contribution in [0.1, 0.15) is 32.0 Å². The topological polar surface area (TPSA) is 43.8 Å². The lowest BCUT2D eigenvalue weighted by atomic mass is 9.92. The highest BCUT2D eigenvalue weighted by molar-refractivity contribution is 6.30. The van der Waals surface area contributed by atoms with Gasteiger partial charge in [-0.1, -0.05) is 32.4 Å². The molecule has 0 aliphatic carbocycles. The molecule has 3 nitrogen and oxygen atoms in total. The molecule has 0 bridgehead atoms. The standard InChI is InChI=1S/C14H18ClN3/c1-9-7-10(15)5-6-11(9)18-13(16)8-12(17-18)14(2,3)4/h5-8H,16H2,1-4H3. The highest BCUT2D eigenvalue weighted by Crippen LogP contribution is 2.26. The second kappa shape index (κ2) is 4.32. The summed E-state index contributed by atoms with van der Waals surface area (Å²) in [6.07, 6.45) is 0. The molecule has 0 atom stereocenters. The molecule has 1 aromatic carbocycles. The van der Waals surface area contributed by atoms with E-state index in [4.69, 9.17) is 17.3 Å². The molecule has 0 fully saturated rings. The molecule has 0 unspecified atom stereocenters. The Morgan fingerprint density at radius 2 is 1.89 bits per heavy atom. The molecule has 2 rings (SSSR count). The number of nitrogen functional groups attached to an aromatic ring is 1. The largest absolute Gasteiger partial charge is 0.384 e. The van der Waals surface area contributed by atoms with Gasteiger partial charge in [0, 0.05) is 16.5 Å². The lowest BCUT2D eigenvalue weighted by Gasteiger charge is -2.14. The monoisotopic (exact) mass is 263 g/mol. The van der Waals surface area contributed by atoms with Crippen molar-refractivity contribution in [3.05, 3.63) is 40.5 Å². The third-order valence-corrected chi connectivity index (χ3v) is 3.13. The Kier molecular flexibility index (Phi) is 3.11. The van der Waals surface area contributed by atoms with Gasteiger partial charge in [-0.3, -0.25) is 0 Å². The number of anilines is 1. The minimum Gasteiger partial charge on any atom is -0.384 e. The number of aromatic nitrogens is 2. The van der Waals surface area contributed by atoms with Crippen LogP contribution >= 0.6 is 11.6 Å². The number of nitrogens with two attached hydrogens (primary N) is 1. The fraction of sp³-hybridized carbons (Fsp3) is 0.357. The maximum Gasteiger partial charge on any atom is 0.127 e. The SMILES string of the molecule is Cc1cc(Cl)ccc1-n1nc(C(C)(C)C)cc1N. The Bertz CT molecular complexity index is 579. The van der Waals surface area contributed by atoms with Gasteiger partial charge in [-0.2, -0.15) is 5.10 Å². The van der Waals surface area contributed by atoms with E-state index in [9.17, 15) is 0 Å². The number of hydrogen-bond donors (Lipinski definition) is 1. The Balaban J connectivity index is 2.55. The first-order valence-corrected chi connectivity index (χ1v) is 6.29. The molecule has 4 heteroatoms. The van der Waals surface area contributed by atoms with Crippen molar-refractivity contribution in [3.8, 4) is 5.69 Å². The number of halogens is 1. The Morgan fingerprint density at radius 1 is 1.22 bits per heavy atom. The molecule has 18 heavy (non-hydrogen) atoms. The zero-order valence-electron chi connectivity index (χ0n) is 11.2. The van der Waals surface area contributed by atoms with Gasteiger partial charge in [-0.15, -0.1) is 0 Å². The first-order valence-electron chi connectivity index (χ1n) is 5.91. The van der Waals surface area contributed by atoms with Crippen molar-refractivity contribution >= 4 is 17.4 Å². The molecule has 0 radical (unpaired) electrons. The maximum atomic E-state index is 6.04. The fourth-order valence-corrected chi connectivity index (χ4v) is 2.04. The van der Waals surface area contributed by atoms with Crippen LogP contribution in [0.15, 0.2) is 24.3 Å². The van der Waals surface area contributed by atoms with E-state index in [1.165, 1.54) is 0 Å². The van der Waals surface area contributed by atoms with Crippen LogP contribution in [0.5, 0.6) is 0 Å². The van der Waals surface area contributed by atoms with Crippen molar-refractivity contribution in [2.75, 3.05) is 5.73 Å². The summed E-state index contributed by atoms with van der Waals surface area (Å²) in [5.74, 6) is 0.644. The minimum absolute atomic E-state index is 0.0142. The number of aryl methyl sites for hydroxylation is 1.